The van der Waals surface area contributed by atoms with E-state index in [4.69, 9.17) is 5.11 Å². The molecule has 0 aliphatic carbocycles. The van der Waals surface area contributed by atoms with Gasteiger partial charge in [0.05, 0.1) is 29.2 Å². The van der Waals surface area contributed by atoms with Crippen LogP contribution >= 0.6 is 0 Å². The highest BCUT2D eigenvalue weighted by Crippen LogP contribution is 2.37. The third-order valence-corrected chi connectivity index (χ3v) is 3.52. The van der Waals surface area contributed by atoms with E-state index < -0.39 is 60.3 Å². The molecule has 12 heteroatoms. The van der Waals surface area contributed by atoms with Crippen LogP contribution in [0.1, 0.15) is 0 Å². The molecule has 1 saturated heterocycles. The van der Waals surface area contributed by atoms with E-state index >= 15 is 0 Å². The number of halogens is 3. The zero-order valence-electron chi connectivity index (χ0n) is 11.4. The number of alkyl halides is 3. The Kier molecular flexibility index (Phi) is 4.25. The molecule has 1 fully saturated rings. The molecule has 2 heterocycles. The Balaban J connectivity index is 2.08. The van der Waals surface area contributed by atoms with Crippen molar-refractivity contribution in [1.29, 1.82) is 0 Å². The highest BCUT2D eigenvalue weighted by Gasteiger charge is 2.53. The SMILES string of the molecule is O=C(O)[C@@H]1CN(C(=O)Cn2ccc([N+](=O)[O-])n2)C[C@H]1C(F)(F)F. The van der Waals surface area contributed by atoms with Crippen molar-refractivity contribution < 1.29 is 32.8 Å². The third kappa shape index (κ3) is 3.57. The lowest BCUT2D eigenvalue weighted by Crippen LogP contribution is -2.34. The number of hydrogen-bond acceptors (Lipinski definition) is 5. The van der Waals surface area contributed by atoms with Crippen molar-refractivity contribution in [3.05, 3.63) is 22.4 Å². The summed E-state index contributed by atoms with van der Waals surface area (Å²) in [6.07, 6.45) is -3.59. The molecule has 1 aliphatic heterocycles. The lowest BCUT2D eigenvalue weighted by Gasteiger charge is -2.18. The van der Waals surface area contributed by atoms with Gasteiger partial charge in [0.25, 0.3) is 0 Å². The van der Waals surface area contributed by atoms with Gasteiger partial charge in [0, 0.05) is 13.1 Å². The molecule has 1 aliphatic rings. The van der Waals surface area contributed by atoms with Crippen LogP contribution in [0.25, 0.3) is 0 Å². The Hall–Kier alpha value is -2.66. The number of aromatic nitrogens is 2. The predicted octanol–water partition coefficient (Wildman–Crippen LogP) is 0.513. The monoisotopic (exact) mass is 336 g/mol. The van der Waals surface area contributed by atoms with Crippen LogP contribution < -0.4 is 0 Å². The van der Waals surface area contributed by atoms with Gasteiger partial charge in [-0.15, -0.1) is 0 Å². The van der Waals surface area contributed by atoms with Crippen LogP contribution in [-0.2, 0) is 16.1 Å². The summed E-state index contributed by atoms with van der Waals surface area (Å²) in [7, 11) is 0. The number of carboxylic acids is 1. The molecule has 0 aromatic carbocycles. The topological polar surface area (TPSA) is 119 Å². The standard InChI is InChI=1S/C11H11F3N4O5/c12-11(13,14)7-4-16(3-6(7)10(20)21)9(19)5-17-2-1-8(15-17)18(22)23/h1-2,6-7H,3-5H2,(H,20,21)/t6-,7-/m1/s1. The number of carbonyl (C=O) groups excluding carboxylic acids is 1. The molecular weight excluding hydrogens is 325 g/mol. The third-order valence-electron chi connectivity index (χ3n) is 3.52. The molecule has 23 heavy (non-hydrogen) atoms. The lowest BCUT2D eigenvalue weighted by atomic mass is 9.96. The molecule has 9 nitrogen and oxygen atoms in total. The summed E-state index contributed by atoms with van der Waals surface area (Å²) in [5.74, 6) is -6.80. The molecule has 0 radical (unpaired) electrons. The molecule has 1 amide bonds. The summed E-state index contributed by atoms with van der Waals surface area (Å²) in [6, 6.07) is 1.04. The fourth-order valence-electron chi connectivity index (χ4n) is 2.36. The van der Waals surface area contributed by atoms with E-state index in [1.54, 1.807) is 0 Å². The first kappa shape index (κ1) is 16.7. The second-order valence-electron chi connectivity index (χ2n) is 5.02. The first-order chi connectivity index (χ1) is 10.6. The highest BCUT2D eigenvalue weighted by atomic mass is 19.4. The molecule has 0 unspecified atom stereocenters. The van der Waals surface area contributed by atoms with Gasteiger partial charge in [0.2, 0.25) is 5.91 Å². The van der Waals surface area contributed by atoms with E-state index in [0.717, 1.165) is 21.8 Å². The molecule has 1 aromatic heterocycles. The summed E-state index contributed by atoms with van der Waals surface area (Å²) >= 11 is 0. The van der Waals surface area contributed by atoms with Crippen molar-refractivity contribution in [3.8, 4) is 0 Å². The van der Waals surface area contributed by atoms with Crippen molar-refractivity contribution in [3.63, 3.8) is 0 Å². The van der Waals surface area contributed by atoms with Crippen LogP contribution in [0.15, 0.2) is 12.3 Å². The van der Waals surface area contributed by atoms with Crippen molar-refractivity contribution in [2.24, 2.45) is 11.8 Å². The van der Waals surface area contributed by atoms with E-state index in [9.17, 15) is 32.9 Å². The van der Waals surface area contributed by atoms with Crippen LogP contribution in [0, 0.1) is 22.0 Å². The smallest absolute Gasteiger partial charge is 0.394 e. The summed E-state index contributed by atoms with van der Waals surface area (Å²) in [5.41, 5.74) is 0. The zero-order valence-corrected chi connectivity index (χ0v) is 11.4. The van der Waals surface area contributed by atoms with Crippen molar-refractivity contribution >= 4 is 17.7 Å². The van der Waals surface area contributed by atoms with Crippen LogP contribution in [0.3, 0.4) is 0 Å². The van der Waals surface area contributed by atoms with Crippen molar-refractivity contribution in [2.75, 3.05) is 13.1 Å². The number of carboxylic acid groups (broad SMARTS) is 1. The van der Waals surface area contributed by atoms with Gasteiger partial charge in [0.15, 0.2) is 0 Å². The summed E-state index contributed by atoms with van der Waals surface area (Å²) in [6.45, 7) is -1.84. The summed E-state index contributed by atoms with van der Waals surface area (Å²) in [4.78, 5) is 33.4. The highest BCUT2D eigenvalue weighted by molar-refractivity contribution is 5.79. The van der Waals surface area contributed by atoms with Gasteiger partial charge < -0.3 is 20.1 Å². The Morgan fingerprint density at radius 3 is 2.52 bits per heavy atom. The van der Waals surface area contributed by atoms with E-state index in [1.807, 2.05) is 0 Å². The maximum Gasteiger partial charge on any atom is 0.394 e. The first-order valence-corrected chi connectivity index (χ1v) is 6.34. The van der Waals surface area contributed by atoms with Gasteiger partial charge in [-0.1, -0.05) is 0 Å². The fourth-order valence-corrected chi connectivity index (χ4v) is 2.36. The normalized spacial score (nSPS) is 21.4. The maximum absolute atomic E-state index is 12.8. The van der Waals surface area contributed by atoms with Crippen molar-refractivity contribution in [1.82, 2.24) is 14.7 Å². The van der Waals surface area contributed by atoms with E-state index in [2.05, 4.69) is 5.10 Å². The van der Waals surface area contributed by atoms with Crippen LogP contribution in [-0.4, -0.2) is 55.9 Å². The Bertz CT molecular complexity index is 644. The minimum absolute atomic E-state index is 0.504. The average molecular weight is 336 g/mol. The molecule has 2 atom stereocenters. The number of carbonyl (C=O) groups is 2. The summed E-state index contributed by atoms with van der Waals surface area (Å²) < 4.78 is 39.4. The first-order valence-electron chi connectivity index (χ1n) is 6.34. The number of nitro groups is 1. The summed E-state index contributed by atoms with van der Waals surface area (Å²) in [5, 5.41) is 22.8. The Morgan fingerprint density at radius 1 is 1.43 bits per heavy atom. The Morgan fingerprint density at radius 2 is 2.09 bits per heavy atom. The second-order valence-corrected chi connectivity index (χ2v) is 5.02. The molecule has 0 spiro atoms. The largest absolute Gasteiger partial charge is 0.481 e. The minimum atomic E-state index is -4.73. The quantitative estimate of drug-likeness (QED) is 0.632. The van der Waals surface area contributed by atoms with E-state index in [0.29, 0.717) is 0 Å². The number of nitrogens with zero attached hydrogens (tertiary/aromatic N) is 4. The van der Waals surface area contributed by atoms with Gasteiger partial charge in [-0.05, 0) is 4.92 Å². The predicted molar refractivity (Wildman–Crippen MR) is 66.1 cm³/mol. The van der Waals surface area contributed by atoms with Gasteiger partial charge in [-0.2, -0.15) is 17.9 Å². The van der Waals surface area contributed by atoms with Crippen molar-refractivity contribution in [2.45, 2.75) is 12.7 Å². The number of likely N-dealkylation sites (tertiary alicyclic amines) is 1. The number of amides is 1. The van der Waals surface area contributed by atoms with Crippen LogP contribution in [0.5, 0.6) is 0 Å². The molecule has 2 rings (SSSR count). The van der Waals surface area contributed by atoms with Gasteiger partial charge in [-0.25, -0.2) is 0 Å². The van der Waals surface area contributed by atoms with E-state index in [1.165, 1.54) is 0 Å². The van der Waals surface area contributed by atoms with Gasteiger partial charge in [-0.3, -0.25) is 9.59 Å². The van der Waals surface area contributed by atoms with Crippen LogP contribution in [0.4, 0.5) is 19.0 Å². The van der Waals surface area contributed by atoms with Crippen LogP contribution in [0.2, 0.25) is 0 Å². The molecule has 0 bridgehead atoms. The molecule has 0 saturated carbocycles. The maximum atomic E-state index is 12.8. The number of aliphatic carboxylic acids is 1. The average Bonchev–Trinajstić information content (AvgIpc) is 3.03. The lowest BCUT2D eigenvalue weighted by molar-refractivity contribution is -0.389. The Labute approximate surface area is 126 Å². The fraction of sp³-hybridized carbons (Fsp3) is 0.545. The van der Waals surface area contributed by atoms with Gasteiger partial charge >= 0.3 is 18.0 Å². The minimum Gasteiger partial charge on any atom is -0.481 e. The molecular formula is C11H11F3N4O5. The number of rotatable bonds is 4. The van der Waals surface area contributed by atoms with E-state index in [-0.39, 0.29) is 0 Å². The number of hydrogen-bond donors (Lipinski definition) is 1. The molecule has 1 N–H and O–H groups in total. The zero-order chi connectivity index (χ0) is 17.4. The molecule has 1 aromatic rings. The van der Waals surface area contributed by atoms with Gasteiger partial charge in [0.1, 0.15) is 6.54 Å². The molecule has 126 valence electrons. The second kappa shape index (κ2) is 5.85.